The third-order valence-corrected chi connectivity index (χ3v) is 11.5. The van der Waals surface area contributed by atoms with Crippen molar-refractivity contribution in [3.8, 4) is 0 Å². The number of nitro benzene ring substituents is 1. The number of aromatic nitrogens is 1. The first kappa shape index (κ1) is 24.2. The van der Waals surface area contributed by atoms with E-state index in [1.54, 1.807) is 12.1 Å². The van der Waals surface area contributed by atoms with Gasteiger partial charge in [-0.25, -0.2) is 0 Å². The van der Waals surface area contributed by atoms with E-state index in [1.165, 1.54) is 27.6 Å². The van der Waals surface area contributed by atoms with Gasteiger partial charge in [-0.2, -0.15) is 0 Å². The lowest BCUT2D eigenvalue weighted by atomic mass is 9.99. The van der Waals surface area contributed by atoms with Gasteiger partial charge in [0.2, 0.25) is 0 Å². The largest absolute Gasteiger partial charge is 0.410 e. The smallest absolute Gasteiger partial charge is 0.269 e. The molecule has 1 aromatic heterocycles. The zero-order valence-corrected chi connectivity index (χ0v) is 21.4. The normalized spacial score (nSPS) is 13.5. The lowest BCUT2D eigenvalue weighted by Crippen LogP contribution is -2.41. The zero-order valence-electron chi connectivity index (χ0n) is 20.4. The van der Waals surface area contributed by atoms with Gasteiger partial charge in [0.15, 0.2) is 8.32 Å². The fraction of sp³-hybridized carbons (Fsp3) is 0.462. The molecule has 0 saturated heterocycles. The van der Waals surface area contributed by atoms with Gasteiger partial charge >= 0.3 is 0 Å². The Morgan fingerprint density at radius 3 is 2.44 bits per heavy atom. The van der Waals surface area contributed by atoms with Gasteiger partial charge in [-0.1, -0.05) is 45.0 Å². The number of non-ortho nitro benzene ring substituents is 1. The second-order valence-electron chi connectivity index (χ2n) is 10.3. The van der Waals surface area contributed by atoms with E-state index in [9.17, 15) is 10.1 Å². The number of nitro groups is 1. The highest BCUT2D eigenvalue weighted by Gasteiger charge is 2.38. The van der Waals surface area contributed by atoms with Gasteiger partial charge in [0.05, 0.1) is 16.5 Å². The number of fused-ring (bicyclic) bond motifs is 1. The minimum Gasteiger partial charge on any atom is -0.410 e. The lowest BCUT2D eigenvalue weighted by molar-refractivity contribution is -0.384. The molecule has 0 fully saturated rings. The molecule has 3 aromatic rings. The van der Waals surface area contributed by atoms with Crippen molar-refractivity contribution in [3.63, 3.8) is 0 Å². The first-order valence-electron chi connectivity index (χ1n) is 11.4. The summed E-state index contributed by atoms with van der Waals surface area (Å²) in [5, 5.41) is 12.4. The summed E-state index contributed by atoms with van der Waals surface area (Å²) >= 11 is 0. The van der Waals surface area contributed by atoms with Crippen LogP contribution in [0.4, 0.5) is 5.69 Å². The average molecular weight is 453 g/mol. The second kappa shape index (κ2) is 9.20. The number of nitrogens with one attached hydrogen (secondary N) is 1. The quantitative estimate of drug-likeness (QED) is 0.217. The molecule has 3 rings (SSSR count). The van der Waals surface area contributed by atoms with Crippen LogP contribution in [0.3, 0.4) is 0 Å². The van der Waals surface area contributed by atoms with Crippen molar-refractivity contribution in [2.45, 2.75) is 78.1 Å². The van der Waals surface area contributed by atoms with Gasteiger partial charge in [0.1, 0.15) is 0 Å². The molecule has 0 aliphatic rings. The number of nitrogens with zero attached hydrogens (tertiary/aromatic N) is 1. The van der Waals surface area contributed by atoms with Crippen LogP contribution in [0.5, 0.6) is 0 Å². The molecule has 0 aliphatic heterocycles. The predicted molar refractivity (Wildman–Crippen MR) is 135 cm³/mol. The van der Waals surface area contributed by atoms with Crippen molar-refractivity contribution in [1.82, 2.24) is 4.98 Å². The number of aryl methyl sites for hydroxylation is 3. The van der Waals surface area contributed by atoms with E-state index in [2.05, 4.69) is 70.2 Å². The molecule has 5 nitrogen and oxygen atoms in total. The number of rotatable bonds is 8. The summed E-state index contributed by atoms with van der Waals surface area (Å²) in [6, 6.07) is 11.6. The summed E-state index contributed by atoms with van der Waals surface area (Å²) in [6.07, 6.45) is 5.01. The predicted octanol–water partition coefficient (Wildman–Crippen LogP) is 7.64. The highest BCUT2D eigenvalue weighted by Crippen LogP contribution is 2.40. The SMILES string of the molecule is Cc1cc([N+](=O)[O-])ccc1CCCc1c[nH]c2c(C(C)O[Si](C)(C)C(C)(C)C)cccc12. The molecule has 0 radical (unpaired) electrons. The monoisotopic (exact) mass is 452 g/mol. The topological polar surface area (TPSA) is 68.2 Å². The Labute approximate surface area is 192 Å². The number of para-hydroxylation sites is 1. The van der Waals surface area contributed by atoms with Crippen LogP contribution >= 0.6 is 0 Å². The molecule has 1 N–H and O–H groups in total. The van der Waals surface area contributed by atoms with Gasteiger partial charge < -0.3 is 9.41 Å². The molecular formula is C26H36N2O3Si. The molecule has 172 valence electrons. The van der Waals surface area contributed by atoms with Crippen LogP contribution in [0.2, 0.25) is 18.1 Å². The Kier molecular flexibility index (Phi) is 6.96. The fourth-order valence-corrected chi connectivity index (χ4v) is 5.37. The van der Waals surface area contributed by atoms with Crippen molar-refractivity contribution in [3.05, 3.63) is 75.0 Å². The molecule has 32 heavy (non-hydrogen) atoms. The van der Waals surface area contributed by atoms with Crippen molar-refractivity contribution in [1.29, 1.82) is 0 Å². The van der Waals surface area contributed by atoms with Gasteiger partial charge in [-0.05, 0) is 67.9 Å². The Bertz CT molecular complexity index is 1110. The summed E-state index contributed by atoms with van der Waals surface area (Å²) in [4.78, 5) is 14.1. The number of hydrogen-bond acceptors (Lipinski definition) is 3. The van der Waals surface area contributed by atoms with E-state index < -0.39 is 8.32 Å². The Morgan fingerprint density at radius 1 is 1.12 bits per heavy atom. The van der Waals surface area contributed by atoms with Crippen molar-refractivity contribution in [2.24, 2.45) is 0 Å². The Morgan fingerprint density at radius 2 is 1.81 bits per heavy atom. The standard InChI is InChI=1S/C26H36N2O3Si/c1-18-16-22(28(29)30)15-14-20(18)10-8-11-21-17-27-25-23(12-9-13-24(21)25)19(2)31-32(6,7)26(3,4)5/h9,12-17,19,27H,8,10-11H2,1-7H3. The summed E-state index contributed by atoms with van der Waals surface area (Å²) in [7, 11) is -1.86. The van der Waals surface area contributed by atoms with Crippen LogP contribution in [0, 0.1) is 17.0 Å². The highest BCUT2D eigenvalue weighted by atomic mass is 28.4. The molecule has 6 heteroatoms. The van der Waals surface area contributed by atoms with E-state index >= 15 is 0 Å². The first-order chi connectivity index (χ1) is 14.9. The maximum absolute atomic E-state index is 11.0. The fourth-order valence-electron chi connectivity index (χ4n) is 4.01. The number of aromatic amines is 1. The Hall–Kier alpha value is -2.44. The summed E-state index contributed by atoms with van der Waals surface area (Å²) < 4.78 is 6.66. The molecule has 2 aromatic carbocycles. The van der Waals surface area contributed by atoms with E-state index in [0.29, 0.717) is 0 Å². The van der Waals surface area contributed by atoms with E-state index in [1.807, 2.05) is 13.0 Å². The van der Waals surface area contributed by atoms with E-state index in [4.69, 9.17) is 4.43 Å². The molecule has 0 saturated carbocycles. The molecule has 0 bridgehead atoms. The second-order valence-corrected chi connectivity index (χ2v) is 15.1. The molecule has 1 unspecified atom stereocenters. The number of H-pyrrole nitrogens is 1. The van der Waals surface area contributed by atoms with Crippen LogP contribution < -0.4 is 0 Å². The van der Waals surface area contributed by atoms with Crippen molar-refractivity contribution >= 4 is 24.9 Å². The summed E-state index contributed by atoms with van der Waals surface area (Å²) in [6.45, 7) is 15.5. The third-order valence-electron chi connectivity index (χ3n) is 6.98. The molecule has 0 spiro atoms. The van der Waals surface area contributed by atoms with Crippen LogP contribution in [0.15, 0.2) is 42.6 Å². The highest BCUT2D eigenvalue weighted by molar-refractivity contribution is 6.74. The van der Waals surface area contributed by atoms with Gasteiger partial charge in [0.25, 0.3) is 5.69 Å². The third kappa shape index (κ3) is 5.13. The number of benzene rings is 2. The van der Waals surface area contributed by atoms with Crippen LogP contribution in [-0.4, -0.2) is 18.2 Å². The maximum Gasteiger partial charge on any atom is 0.269 e. The number of hydrogen-bond donors (Lipinski definition) is 1. The van der Waals surface area contributed by atoms with E-state index in [0.717, 1.165) is 24.8 Å². The van der Waals surface area contributed by atoms with Gasteiger partial charge in [-0.3, -0.25) is 10.1 Å². The lowest BCUT2D eigenvalue weighted by Gasteiger charge is -2.38. The maximum atomic E-state index is 11.0. The van der Waals surface area contributed by atoms with Crippen LogP contribution in [0.1, 0.15) is 62.5 Å². The minimum absolute atomic E-state index is 0.0360. The molecule has 0 amide bonds. The van der Waals surface area contributed by atoms with E-state index in [-0.39, 0.29) is 21.8 Å². The minimum atomic E-state index is -1.86. The molecule has 1 heterocycles. The summed E-state index contributed by atoms with van der Waals surface area (Å²) in [5.41, 5.74) is 6.00. The van der Waals surface area contributed by atoms with Crippen molar-refractivity contribution in [2.75, 3.05) is 0 Å². The Balaban J connectivity index is 1.73. The molecule has 1 atom stereocenters. The zero-order chi connectivity index (χ0) is 23.7. The average Bonchev–Trinajstić information content (AvgIpc) is 3.11. The van der Waals surface area contributed by atoms with Crippen LogP contribution in [0.25, 0.3) is 10.9 Å². The first-order valence-corrected chi connectivity index (χ1v) is 14.3. The van der Waals surface area contributed by atoms with Crippen LogP contribution in [-0.2, 0) is 17.3 Å². The van der Waals surface area contributed by atoms with Gasteiger partial charge in [0, 0.05) is 29.3 Å². The molecule has 0 aliphatic carbocycles. The summed E-state index contributed by atoms with van der Waals surface area (Å²) in [5.74, 6) is 0. The molecular weight excluding hydrogens is 416 g/mol. The van der Waals surface area contributed by atoms with Gasteiger partial charge in [-0.15, -0.1) is 0 Å². The van der Waals surface area contributed by atoms with Crippen molar-refractivity contribution < 1.29 is 9.35 Å².